The molecule has 3 heterocycles. The van der Waals surface area contributed by atoms with Crippen molar-refractivity contribution in [3.63, 3.8) is 0 Å². The van der Waals surface area contributed by atoms with Crippen LogP contribution in [-0.4, -0.2) is 65.3 Å². The zero-order valence-electron chi connectivity index (χ0n) is 27.9. The lowest BCUT2D eigenvalue weighted by Crippen LogP contribution is -2.50. The van der Waals surface area contributed by atoms with Crippen LogP contribution in [0, 0.1) is 23.7 Å². The third-order valence-electron chi connectivity index (χ3n) is 11.1. The topological polar surface area (TPSA) is 106 Å². The van der Waals surface area contributed by atoms with Crippen molar-refractivity contribution >= 4 is 33.2 Å². The van der Waals surface area contributed by atoms with Gasteiger partial charge in [-0.2, -0.15) is 0 Å². The zero-order valence-corrected chi connectivity index (χ0v) is 29.5. The van der Waals surface area contributed by atoms with Crippen molar-refractivity contribution < 1.29 is 27.4 Å². The van der Waals surface area contributed by atoms with E-state index in [2.05, 4.69) is 14.9 Å². The molecule has 3 aliphatic heterocycles. The number of likely N-dealkylation sites (N-methyl/N-ethyl adjacent to an activating group) is 1. The van der Waals surface area contributed by atoms with Gasteiger partial charge in [0.2, 0.25) is 10.0 Å². The number of anilines is 1. The lowest BCUT2D eigenvalue weighted by Gasteiger charge is -2.48. The van der Waals surface area contributed by atoms with Crippen LogP contribution in [0.3, 0.4) is 0 Å². The van der Waals surface area contributed by atoms with Crippen LogP contribution in [0.25, 0.3) is 0 Å². The molecule has 6 rings (SSSR count). The molecule has 258 valence electrons. The van der Waals surface area contributed by atoms with Crippen molar-refractivity contribution in [2.45, 2.75) is 89.4 Å². The highest BCUT2D eigenvalue weighted by Gasteiger charge is 2.43. The van der Waals surface area contributed by atoms with Crippen molar-refractivity contribution in [1.29, 1.82) is 0 Å². The summed E-state index contributed by atoms with van der Waals surface area (Å²) < 4.78 is 48.4. The second-order valence-corrected chi connectivity index (χ2v) is 16.5. The molecule has 2 aromatic carbocycles. The Morgan fingerprint density at radius 3 is 2.49 bits per heavy atom. The largest absolute Gasteiger partial charge is 0.487 e. The molecule has 2 N–H and O–H groups in total. The summed E-state index contributed by atoms with van der Waals surface area (Å²) in [5, 5.41) is 3.26. The average Bonchev–Trinajstić information content (AvgIpc) is 3.08. The SMILES string of the molecule is CN[C@H]1CO[C@H]([C@@H]2CCC[C@H](C)[C@@H](C)S(=O)(=O)NC(=O)c3ccc4c(c3)N(CCCCc3cc(Cl)ccc3CO4)C[C@@H]3CC[C@H]32)OC1. The Hall–Kier alpha value is -2.37. The van der Waals surface area contributed by atoms with Crippen LogP contribution in [0.15, 0.2) is 36.4 Å². The number of sulfonamides is 1. The van der Waals surface area contributed by atoms with Crippen molar-refractivity contribution in [2.24, 2.45) is 23.7 Å². The van der Waals surface area contributed by atoms with Gasteiger partial charge >= 0.3 is 0 Å². The first kappa shape index (κ1) is 34.5. The molecule has 1 saturated heterocycles. The van der Waals surface area contributed by atoms with Crippen LogP contribution in [-0.2, 0) is 32.5 Å². The van der Waals surface area contributed by atoms with E-state index in [1.807, 2.05) is 44.3 Å². The number of nitrogens with zero attached hydrogens (tertiary/aromatic N) is 1. The average molecular weight is 688 g/mol. The van der Waals surface area contributed by atoms with Gasteiger partial charge in [-0.05, 0) is 118 Å². The summed E-state index contributed by atoms with van der Waals surface area (Å²) in [7, 11) is -1.97. The smallest absolute Gasteiger partial charge is 0.264 e. The number of benzene rings is 2. The van der Waals surface area contributed by atoms with Gasteiger partial charge in [0.15, 0.2) is 6.29 Å². The number of amides is 1. The molecule has 0 unspecified atom stereocenters. The molecule has 0 aromatic heterocycles. The van der Waals surface area contributed by atoms with Crippen molar-refractivity contribution in [3.05, 3.63) is 58.1 Å². The highest BCUT2D eigenvalue weighted by atomic mass is 35.5. The van der Waals surface area contributed by atoms with Crippen LogP contribution < -0.4 is 19.7 Å². The number of fused-ring (bicyclic) bond motifs is 3. The van der Waals surface area contributed by atoms with E-state index in [1.54, 1.807) is 13.0 Å². The normalized spacial score (nSPS) is 32.0. The molecule has 5 atom stereocenters. The molecule has 0 spiro atoms. The van der Waals surface area contributed by atoms with Gasteiger partial charge in [0, 0.05) is 29.6 Å². The highest BCUT2D eigenvalue weighted by Crippen LogP contribution is 2.46. The number of ether oxygens (including phenoxy) is 3. The maximum atomic E-state index is 13.5. The molecule has 47 heavy (non-hydrogen) atoms. The Labute approximate surface area is 285 Å². The second kappa shape index (κ2) is 15.0. The molecular weight excluding hydrogens is 638 g/mol. The minimum atomic E-state index is -3.90. The lowest BCUT2D eigenvalue weighted by molar-refractivity contribution is -0.231. The molecule has 4 aliphatic rings. The zero-order chi connectivity index (χ0) is 33.1. The minimum Gasteiger partial charge on any atom is -0.487 e. The molecule has 1 amide bonds. The summed E-state index contributed by atoms with van der Waals surface area (Å²) in [5.41, 5.74) is 3.41. The van der Waals surface area contributed by atoms with Gasteiger partial charge in [0.05, 0.1) is 30.2 Å². The van der Waals surface area contributed by atoms with Gasteiger partial charge in [0.1, 0.15) is 12.4 Å². The van der Waals surface area contributed by atoms with Gasteiger partial charge in [-0.3, -0.25) is 4.79 Å². The number of nitrogens with one attached hydrogen (secondary N) is 2. The number of aryl methyl sites for hydroxylation is 1. The van der Waals surface area contributed by atoms with E-state index in [0.717, 1.165) is 80.7 Å². The maximum absolute atomic E-state index is 13.5. The quantitative estimate of drug-likeness (QED) is 0.400. The third-order valence-corrected chi connectivity index (χ3v) is 13.3. The molecule has 0 radical (unpaired) electrons. The summed E-state index contributed by atoms with van der Waals surface area (Å²) in [4.78, 5) is 15.9. The first-order valence-electron chi connectivity index (χ1n) is 17.4. The maximum Gasteiger partial charge on any atom is 0.264 e. The van der Waals surface area contributed by atoms with Gasteiger partial charge in [0.25, 0.3) is 5.91 Å². The number of hydrogen-bond donors (Lipinski definition) is 2. The van der Waals surface area contributed by atoms with Crippen molar-refractivity contribution in [3.8, 4) is 5.75 Å². The molecule has 1 saturated carbocycles. The lowest BCUT2D eigenvalue weighted by atomic mass is 9.65. The molecule has 1 aliphatic carbocycles. The number of carbonyl (C=O) groups is 1. The van der Waals surface area contributed by atoms with E-state index in [9.17, 15) is 13.2 Å². The number of halogens is 1. The van der Waals surface area contributed by atoms with Crippen molar-refractivity contribution in [2.75, 3.05) is 38.3 Å². The Morgan fingerprint density at radius 2 is 1.74 bits per heavy atom. The van der Waals surface area contributed by atoms with E-state index < -0.39 is 21.2 Å². The van der Waals surface area contributed by atoms with E-state index in [1.165, 1.54) is 5.56 Å². The van der Waals surface area contributed by atoms with Crippen LogP contribution in [0.5, 0.6) is 5.75 Å². The molecule has 2 aromatic rings. The van der Waals surface area contributed by atoms with Gasteiger partial charge < -0.3 is 24.4 Å². The summed E-state index contributed by atoms with van der Waals surface area (Å²) in [6.45, 7) is 6.88. The minimum absolute atomic E-state index is 0.123. The number of rotatable bonds is 2. The van der Waals surface area contributed by atoms with E-state index in [4.69, 9.17) is 25.8 Å². The summed E-state index contributed by atoms with van der Waals surface area (Å²) >= 11 is 6.37. The molecule has 2 fully saturated rings. The Kier molecular flexibility index (Phi) is 11.0. The van der Waals surface area contributed by atoms with E-state index in [0.29, 0.717) is 43.0 Å². The summed E-state index contributed by atoms with van der Waals surface area (Å²) in [6, 6.07) is 11.4. The Morgan fingerprint density at radius 1 is 0.936 bits per heavy atom. The van der Waals surface area contributed by atoms with Gasteiger partial charge in [-0.1, -0.05) is 31.0 Å². The van der Waals surface area contributed by atoms with E-state index in [-0.39, 0.29) is 24.2 Å². The van der Waals surface area contributed by atoms with Gasteiger partial charge in [-0.25, -0.2) is 13.1 Å². The monoisotopic (exact) mass is 687 g/mol. The first-order chi connectivity index (χ1) is 22.6. The molecule has 2 bridgehead atoms. The predicted octanol–water partition coefficient (Wildman–Crippen LogP) is 5.93. The van der Waals surface area contributed by atoms with Crippen LogP contribution >= 0.6 is 11.6 Å². The predicted molar refractivity (Wildman–Crippen MR) is 184 cm³/mol. The highest BCUT2D eigenvalue weighted by molar-refractivity contribution is 7.90. The molecule has 9 nitrogen and oxygen atoms in total. The van der Waals surface area contributed by atoms with Crippen molar-refractivity contribution in [1.82, 2.24) is 10.0 Å². The third kappa shape index (κ3) is 7.93. The Bertz CT molecular complexity index is 1510. The summed E-state index contributed by atoms with van der Waals surface area (Å²) in [6.07, 6.45) is 7.33. The van der Waals surface area contributed by atoms with Gasteiger partial charge in [-0.15, -0.1) is 0 Å². The Balaban J connectivity index is 1.35. The second-order valence-electron chi connectivity index (χ2n) is 14.1. The molecule has 11 heteroatoms. The fraction of sp³-hybridized carbons (Fsp3) is 0.639. The standard InChI is InChI=1S/C36H50ClN3O6S/c1-23-7-6-9-32(36-45-21-30(38-3)22-46-36)31-14-11-27(31)19-40-16-5-4-8-25-17-29(37)13-10-28(25)20-44-34-15-12-26(18-33(34)40)35(41)39-47(42,43)24(23)2/h10,12-13,15,17-18,23-24,27,30-32,36,38H,4-9,11,14,16,19-22H2,1-3H3,(H,39,41)/t23-,24+,27-,30-,31+,32+,36-/m0/s1. The van der Waals surface area contributed by atoms with E-state index >= 15 is 0 Å². The van der Waals surface area contributed by atoms with Crippen LogP contribution in [0.1, 0.15) is 80.3 Å². The van der Waals surface area contributed by atoms with Crippen LogP contribution in [0.4, 0.5) is 5.69 Å². The number of hydrogen-bond acceptors (Lipinski definition) is 8. The number of carbonyl (C=O) groups excluding carboxylic acids is 1. The molecular formula is C36H50ClN3O6S. The fourth-order valence-corrected chi connectivity index (χ4v) is 9.23. The fourth-order valence-electron chi connectivity index (χ4n) is 7.73. The first-order valence-corrected chi connectivity index (χ1v) is 19.3. The van der Waals surface area contributed by atoms with Crippen LogP contribution in [0.2, 0.25) is 5.02 Å². The summed E-state index contributed by atoms with van der Waals surface area (Å²) in [5.74, 6) is 1.03.